The monoisotopic (exact) mass is 280 g/mol. The second kappa shape index (κ2) is 5.34. The summed E-state index contributed by atoms with van der Waals surface area (Å²) in [5.41, 5.74) is 5.95. The zero-order chi connectivity index (χ0) is 13.4. The normalized spacial score (nSPS) is 29.5. The van der Waals surface area contributed by atoms with Crippen LogP contribution in [0.15, 0.2) is 60.7 Å². The van der Waals surface area contributed by atoms with E-state index in [0.29, 0.717) is 0 Å². The molecule has 2 aromatic rings. The minimum atomic E-state index is 0.128. The Labute approximate surface area is 123 Å². The van der Waals surface area contributed by atoms with E-state index in [1.54, 1.807) is 11.1 Å². The molecule has 0 spiro atoms. The summed E-state index contributed by atoms with van der Waals surface area (Å²) in [7, 11) is 0.128. The highest BCUT2D eigenvalue weighted by molar-refractivity contribution is 7.59. The summed E-state index contributed by atoms with van der Waals surface area (Å²) in [6.45, 7) is 0. The van der Waals surface area contributed by atoms with Crippen LogP contribution in [0.5, 0.6) is 0 Å². The van der Waals surface area contributed by atoms with Gasteiger partial charge in [0.1, 0.15) is 0 Å². The molecule has 0 aromatic heterocycles. The van der Waals surface area contributed by atoms with Gasteiger partial charge in [0.25, 0.3) is 0 Å². The van der Waals surface area contributed by atoms with Crippen LogP contribution >= 0.6 is 7.92 Å². The first-order valence-electron chi connectivity index (χ1n) is 7.81. The van der Waals surface area contributed by atoms with Crippen molar-refractivity contribution in [3.05, 3.63) is 71.8 Å². The molecule has 20 heavy (non-hydrogen) atoms. The Balaban J connectivity index is 1.66. The topological polar surface area (TPSA) is 0 Å². The largest absolute Gasteiger partial charge is 0.0881 e. The van der Waals surface area contributed by atoms with Crippen LogP contribution in [0.1, 0.15) is 48.1 Å². The first-order chi connectivity index (χ1) is 9.93. The summed E-state index contributed by atoms with van der Waals surface area (Å²) in [4.78, 5) is 0. The summed E-state index contributed by atoms with van der Waals surface area (Å²) < 4.78 is 0. The van der Waals surface area contributed by atoms with Crippen LogP contribution in [0, 0.1) is 0 Å². The summed E-state index contributed by atoms with van der Waals surface area (Å²) in [6, 6.07) is 22.6. The Kier molecular flexibility index (Phi) is 3.36. The Hall–Kier alpha value is -1.13. The van der Waals surface area contributed by atoms with Crippen molar-refractivity contribution in [1.29, 1.82) is 0 Å². The molecule has 2 aromatic carbocycles. The predicted octanol–water partition coefficient (Wildman–Crippen LogP) is 5.91. The lowest BCUT2D eigenvalue weighted by molar-refractivity contribution is 0.765. The highest BCUT2D eigenvalue weighted by Crippen LogP contribution is 2.76. The molecule has 0 radical (unpaired) electrons. The molecular formula is C19H21P. The standard InChI is InChI=1S/C19H21P/c1-3-7-15(8-4-1)18-13-14-19(20(18)17-11-12-17)16-9-5-2-6-10-16/h1-10,17-19H,11-14H2. The molecular weight excluding hydrogens is 259 g/mol. The van der Waals surface area contributed by atoms with Crippen LogP contribution in [0.3, 0.4) is 0 Å². The molecule has 2 atom stereocenters. The smallest absolute Gasteiger partial charge is 0.00501 e. The molecule has 0 N–H and O–H groups in total. The van der Waals surface area contributed by atoms with Gasteiger partial charge >= 0.3 is 0 Å². The first-order valence-corrected chi connectivity index (χ1v) is 9.36. The second-order valence-electron chi connectivity index (χ2n) is 6.11. The van der Waals surface area contributed by atoms with Crippen LogP contribution < -0.4 is 0 Å². The van der Waals surface area contributed by atoms with Gasteiger partial charge in [0.05, 0.1) is 0 Å². The first kappa shape index (κ1) is 12.6. The van der Waals surface area contributed by atoms with Gasteiger partial charge in [-0.15, -0.1) is 0 Å². The Bertz CT molecular complexity index is 511. The molecule has 1 saturated heterocycles. The average molecular weight is 280 g/mol. The third-order valence-corrected chi connectivity index (χ3v) is 8.68. The molecule has 1 heterocycles. The fourth-order valence-corrected chi connectivity index (χ4v) is 7.87. The van der Waals surface area contributed by atoms with Crippen molar-refractivity contribution in [3.8, 4) is 0 Å². The molecule has 4 rings (SSSR count). The van der Waals surface area contributed by atoms with Gasteiger partial charge in [0.2, 0.25) is 0 Å². The van der Waals surface area contributed by atoms with Crippen molar-refractivity contribution in [2.45, 2.75) is 42.7 Å². The van der Waals surface area contributed by atoms with E-state index in [1.807, 2.05) is 0 Å². The Morgan fingerprint density at radius 1 is 0.600 bits per heavy atom. The van der Waals surface area contributed by atoms with Crippen molar-refractivity contribution in [2.24, 2.45) is 0 Å². The maximum absolute atomic E-state index is 2.36. The van der Waals surface area contributed by atoms with E-state index in [0.717, 1.165) is 17.0 Å². The highest BCUT2D eigenvalue weighted by atomic mass is 31.1. The second-order valence-corrected chi connectivity index (χ2v) is 8.98. The molecule has 102 valence electrons. The quantitative estimate of drug-likeness (QED) is 0.613. The molecule has 2 fully saturated rings. The molecule has 1 aliphatic heterocycles. The molecule has 0 bridgehead atoms. The van der Waals surface area contributed by atoms with Crippen LogP contribution in [-0.4, -0.2) is 5.66 Å². The fourth-order valence-electron chi connectivity index (χ4n) is 3.74. The maximum Gasteiger partial charge on any atom is 0.00501 e. The molecule has 1 saturated carbocycles. The zero-order valence-electron chi connectivity index (χ0n) is 11.8. The summed E-state index contributed by atoms with van der Waals surface area (Å²) in [5.74, 6) is 0. The average Bonchev–Trinajstić information content (AvgIpc) is 3.27. The van der Waals surface area contributed by atoms with Gasteiger partial charge in [-0.1, -0.05) is 68.6 Å². The summed E-state index contributed by atoms with van der Waals surface area (Å²) >= 11 is 0. The SMILES string of the molecule is c1ccc(C2CCC(c3ccccc3)P2C2CC2)cc1. The van der Waals surface area contributed by atoms with Crippen molar-refractivity contribution < 1.29 is 0 Å². The highest BCUT2D eigenvalue weighted by Gasteiger charge is 2.45. The lowest BCUT2D eigenvalue weighted by Gasteiger charge is -2.26. The van der Waals surface area contributed by atoms with E-state index in [4.69, 9.17) is 0 Å². The van der Waals surface area contributed by atoms with Gasteiger partial charge in [-0.25, -0.2) is 0 Å². The third kappa shape index (κ3) is 2.31. The lowest BCUT2D eigenvalue weighted by atomic mass is 10.0. The van der Waals surface area contributed by atoms with Gasteiger partial charge in [-0.2, -0.15) is 0 Å². The van der Waals surface area contributed by atoms with E-state index < -0.39 is 0 Å². The minimum Gasteiger partial charge on any atom is -0.0881 e. The molecule has 0 nitrogen and oxygen atoms in total. The summed E-state index contributed by atoms with van der Waals surface area (Å²) in [6.07, 6.45) is 5.76. The molecule has 0 amide bonds. The lowest BCUT2D eigenvalue weighted by Crippen LogP contribution is -1.98. The van der Waals surface area contributed by atoms with E-state index in [1.165, 1.54) is 25.7 Å². The molecule has 1 aliphatic carbocycles. The van der Waals surface area contributed by atoms with Crippen molar-refractivity contribution in [2.75, 3.05) is 0 Å². The van der Waals surface area contributed by atoms with Crippen LogP contribution in [0.2, 0.25) is 0 Å². The molecule has 2 unspecified atom stereocenters. The van der Waals surface area contributed by atoms with Crippen LogP contribution in [0.4, 0.5) is 0 Å². The van der Waals surface area contributed by atoms with Gasteiger partial charge in [-0.3, -0.25) is 0 Å². The maximum atomic E-state index is 2.36. The predicted molar refractivity (Wildman–Crippen MR) is 87.5 cm³/mol. The number of hydrogen-bond acceptors (Lipinski definition) is 0. The Morgan fingerprint density at radius 3 is 1.45 bits per heavy atom. The van der Waals surface area contributed by atoms with E-state index in [2.05, 4.69) is 60.7 Å². The van der Waals surface area contributed by atoms with Crippen molar-refractivity contribution in [3.63, 3.8) is 0 Å². The van der Waals surface area contributed by atoms with E-state index in [-0.39, 0.29) is 7.92 Å². The van der Waals surface area contributed by atoms with Gasteiger partial charge in [0.15, 0.2) is 0 Å². The number of hydrogen-bond donors (Lipinski definition) is 0. The Morgan fingerprint density at radius 2 is 1.05 bits per heavy atom. The van der Waals surface area contributed by atoms with Crippen LogP contribution in [0.25, 0.3) is 0 Å². The van der Waals surface area contributed by atoms with Crippen LogP contribution in [-0.2, 0) is 0 Å². The van der Waals surface area contributed by atoms with Crippen molar-refractivity contribution in [1.82, 2.24) is 0 Å². The van der Waals surface area contributed by atoms with E-state index >= 15 is 0 Å². The fraction of sp³-hybridized carbons (Fsp3) is 0.368. The van der Waals surface area contributed by atoms with Gasteiger partial charge in [0, 0.05) is 11.3 Å². The number of benzene rings is 2. The van der Waals surface area contributed by atoms with Gasteiger partial charge in [-0.05, 0) is 42.5 Å². The number of rotatable bonds is 3. The van der Waals surface area contributed by atoms with Gasteiger partial charge < -0.3 is 0 Å². The third-order valence-electron chi connectivity index (χ3n) is 4.77. The molecule has 1 heteroatoms. The zero-order valence-corrected chi connectivity index (χ0v) is 12.7. The van der Waals surface area contributed by atoms with E-state index in [9.17, 15) is 0 Å². The molecule has 2 aliphatic rings. The minimum absolute atomic E-state index is 0.128. The summed E-state index contributed by atoms with van der Waals surface area (Å²) in [5, 5.41) is 0. The van der Waals surface area contributed by atoms with Crippen molar-refractivity contribution >= 4 is 7.92 Å².